The number of sulfonamides is 1. The van der Waals surface area contributed by atoms with Crippen LogP contribution in [0.5, 0.6) is 0 Å². The maximum atomic E-state index is 12.9. The van der Waals surface area contributed by atoms with Crippen LogP contribution in [-0.4, -0.2) is 44.8 Å². The maximum absolute atomic E-state index is 12.9. The summed E-state index contributed by atoms with van der Waals surface area (Å²) in [6.07, 6.45) is 5.26. The fraction of sp³-hybridized carbons (Fsp3) is 0.409. The zero-order valence-electron chi connectivity index (χ0n) is 16.5. The van der Waals surface area contributed by atoms with Crippen LogP contribution in [0.1, 0.15) is 42.5 Å². The summed E-state index contributed by atoms with van der Waals surface area (Å²) in [5, 5.41) is 2.87. The van der Waals surface area contributed by atoms with Gasteiger partial charge in [0.05, 0.1) is 4.90 Å². The number of amides is 1. The van der Waals surface area contributed by atoms with Crippen LogP contribution in [0.25, 0.3) is 0 Å². The van der Waals surface area contributed by atoms with Gasteiger partial charge in [-0.1, -0.05) is 12.5 Å². The summed E-state index contributed by atoms with van der Waals surface area (Å²) in [7, 11) is -3.56. The van der Waals surface area contributed by atoms with Crippen molar-refractivity contribution in [2.45, 2.75) is 37.0 Å². The van der Waals surface area contributed by atoms with Gasteiger partial charge in [0.15, 0.2) is 0 Å². The fourth-order valence-corrected chi connectivity index (χ4v) is 5.55. The molecular weight excluding hydrogens is 386 g/mol. The molecule has 29 heavy (non-hydrogen) atoms. The minimum Gasteiger partial charge on any atom is -0.372 e. The van der Waals surface area contributed by atoms with E-state index in [2.05, 4.69) is 10.2 Å². The molecule has 0 spiro atoms. The van der Waals surface area contributed by atoms with Crippen molar-refractivity contribution in [3.8, 4) is 0 Å². The van der Waals surface area contributed by atoms with Crippen LogP contribution in [0.2, 0.25) is 0 Å². The van der Waals surface area contributed by atoms with Crippen molar-refractivity contribution >= 4 is 27.3 Å². The second-order valence-electron chi connectivity index (χ2n) is 7.69. The van der Waals surface area contributed by atoms with Crippen molar-refractivity contribution in [1.29, 1.82) is 0 Å². The van der Waals surface area contributed by atoms with Gasteiger partial charge in [0, 0.05) is 43.1 Å². The summed E-state index contributed by atoms with van der Waals surface area (Å²) in [6, 6.07) is 14.1. The maximum Gasteiger partial charge on any atom is 0.255 e. The van der Waals surface area contributed by atoms with Gasteiger partial charge < -0.3 is 10.2 Å². The second kappa shape index (κ2) is 8.55. The first kappa shape index (κ1) is 19.9. The van der Waals surface area contributed by atoms with E-state index in [-0.39, 0.29) is 10.8 Å². The van der Waals surface area contributed by atoms with Crippen LogP contribution < -0.4 is 10.2 Å². The zero-order valence-corrected chi connectivity index (χ0v) is 17.3. The van der Waals surface area contributed by atoms with E-state index in [1.54, 1.807) is 18.2 Å². The third-order valence-electron chi connectivity index (χ3n) is 5.65. The molecule has 0 aliphatic carbocycles. The van der Waals surface area contributed by atoms with E-state index < -0.39 is 10.0 Å². The molecule has 0 unspecified atom stereocenters. The summed E-state index contributed by atoms with van der Waals surface area (Å²) >= 11 is 0. The zero-order chi connectivity index (χ0) is 20.3. The van der Waals surface area contributed by atoms with E-state index >= 15 is 0 Å². The van der Waals surface area contributed by atoms with Gasteiger partial charge in [-0.25, -0.2) is 8.42 Å². The monoisotopic (exact) mass is 413 g/mol. The largest absolute Gasteiger partial charge is 0.372 e. The number of nitrogens with zero attached hydrogens (tertiary/aromatic N) is 2. The lowest BCUT2D eigenvalue weighted by atomic mass is 10.2. The molecule has 2 aromatic rings. The van der Waals surface area contributed by atoms with Crippen molar-refractivity contribution in [1.82, 2.24) is 4.31 Å². The Balaban J connectivity index is 1.47. The van der Waals surface area contributed by atoms with Crippen molar-refractivity contribution in [2.75, 3.05) is 36.4 Å². The van der Waals surface area contributed by atoms with E-state index in [9.17, 15) is 13.2 Å². The predicted molar refractivity (Wildman–Crippen MR) is 115 cm³/mol. The molecule has 1 N–H and O–H groups in total. The highest BCUT2D eigenvalue weighted by atomic mass is 32.2. The van der Waals surface area contributed by atoms with E-state index in [1.807, 2.05) is 24.3 Å². The van der Waals surface area contributed by atoms with Gasteiger partial charge in [0.25, 0.3) is 5.91 Å². The Morgan fingerprint density at radius 3 is 2.17 bits per heavy atom. The highest BCUT2D eigenvalue weighted by molar-refractivity contribution is 7.89. The Morgan fingerprint density at radius 2 is 1.48 bits per heavy atom. The van der Waals surface area contributed by atoms with E-state index in [1.165, 1.54) is 23.2 Å². The van der Waals surface area contributed by atoms with Crippen LogP contribution in [-0.2, 0) is 10.0 Å². The van der Waals surface area contributed by atoms with Crippen LogP contribution in [0.4, 0.5) is 11.4 Å². The minimum absolute atomic E-state index is 0.177. The number of carbonyl (C=O) groups excluding carboxylic acids is 1. The SMILES string of the molecule is O=C(Nc1ccc(N2CCCC2)cc1)c1cccc(S(=O)(=O)N2CCCCC2)c1. The lowest BCUT2D eigenvalue weighted by molar-refractivity contribution is 0.102. The Hall–Kier alpha value is -2.38. The van der Waals surface area contributed by atoms with Gasteiger partial charge in [-0.2, -0.15) is 4.31 Å². The number of anilines is 2. The third-order valence-corrected chi connectivity index (χ3v) is 7.54. The van der Waals surface area contributed by atoms with Crippen molar-refractivity contribution in [2.24, 2.45) is 0 Å². The first-order valence-corrected chi connectivity index (χ1v) is 11.7. The molecule has 0 bridgehead atoms. The lowest BCUT2D eigenvalue weighted by Crippen LogP contribution is -2.35. The molecule has 0 atom stereocenters. The lowest BCUT2D eigenvalue weighted by Gasteiger charge is -2.26. The van der Waals surface area contributed by atoms with Crippen LogP contribution in [0.3, 0.4) is 0 Å². The molecule has 0 radical (unpaired) electrons. The minimum atomic E-state index is -3.56. The number of hydrogen-bond donors (Lipinski definition) is 1. The van der Waals surface area contributed by atoms with Crippen LogP contribution >= 0.6 is 0 Å². The molecule has 1 amide bonds. The Morgan fingerprint density at radius 1 is 0.828 bits per heavy atom. The molecule has 2 fully saturated rings. The van der Waals surface area contributed by atoms with Gasteiger partial charge in [-0.05, 0) is 68.1 Å². The van der Waals surface area contributed by atoms with Gasteiger partial charge in [0.1, 0.15) is 0 Å². The molecule has 2 aromatic carbocycles. The highest BCUT2D eigenvalue weighted by Gasteiger charge is 2.26. The third kappa shape index (κ3) is 4.46. The Bertz CT molecular complexity index is 961. The normalized spacial score (nSPS) is 18.0. The molecule has 2 aliphatic rings. The van der Waals surface area contributed by atoms with Crippen molar-refractivity contribution < 1.29 is 13.2 Å². The standard InChI is InChI=1S/C22H27N3O3S/c26-22(23-19-9-11-20(12-10-19)24-13-4-5-14-24)18-7-6-8-21(17-18)29(27,28)25-15-2-1-3-16-25/h6-12,17H,1-5,13-16H2,(H,23,26). The number of carbonyl (C=O) groups is 1. The molecular formula is C22H27N3O3S. The number of nitrogens with one attached hydrogen (secondary N) is 1. The quantitative estimate of drug-likeness (QED) is 0.811. The van der Waals surface area contributed by atoms with Crippen LogP contribution in [0.15, 0.2) is 53.4 Å². The summed E-state index contributed by atoms with van der Waals surface area (Å²) in [4.78, 5) is 15.2. The molecule has 2 aliphatic heterocycles. The molecule has 2 saturated heterocycles. The van der Waals surface area contributed by atoms with Gasteiger partial charge in [-0.3, -0.25) is 4.79 Å². The number of rotatable bonds is 5. The van der Waals surface area contributed by atoms with Gasteiger partial charge >= 0.3 is 0 Å². The Labute approximate surface area is 172 Å². The average Bonchev–Trinajstić information content (AvgIpc) is 3.30. The average molecular weight is 414 g/mol. The van der Waals surface area contributed by atoms with Gasteiger partial charge in [0.2, 0.25) is 10.0 Å². The first-order valence-electron chi connectivity index (χ1n) is 10.3. The topological polar surface area (TPSA) is 69.7 Å². The molecule has 4 rings (SSSR count). The molecule has 0 aromatic heterocycles. The number of benzene rings is 2. The fourth-order valence-electron chi connectivity index (χ4n) is 3.99. The molecule has 7 heteroatoms. The number of hydrogen-bond acceptors (Lipinski definition) is 4. The van der Waals surface area contributed by atoms with Crippen LogP contribution in [0, 0.1) is 0 Å². The molecule has 2 heterocycles. The first-order chi connectivity index (χ1) is 14.0. The second-order valence-corrected chi connectivity index (χ2v) is 9.63. The summed E-state index contributed by atoms with van der Waals surface area (Å²) in [5.41, 5.74) is 2.20. The molecule has 154 valence electrons. The molecule has 0 saturated carbocycles. The molecule has 6 nitrogen and oxygen atoms in total. The van der Waals surface area contributed by atoms with E-state index in [4.69, 9.17) is 0 Å². The summed E-state index contributed by atoms with van der Waals surface area (Å²) < 4.78 is 27.3. The highest BCUT2D eigenvalue weighted by Crippen LogP contribution is 2.24. The van der Waals surface area contributed by atoms with Crippen molar-refractivity contribution in [3.63, 3.8) is 0 Å². The predicted octanol–water partition coefficient (Wildman–Crippen LogP) is 3.71. The number of piperidine rings is 1. The van der Waals surface area contributed by atoms with E-state index in [0.29, 0.717) is 24.3 Å². The smallest absolute Gasteiger partial charge is 0.255 e. The Kier molecular flexibility index (Phi) is 5.87. The van der Waals surface area contributed by atoms with E-state index in [0.717, 1.165) is 38.0 Å². The summed E-state index contributed by atoms with van der Waals surface area (Å²) in [5.74, 6) is -0.311. The van der Waals surface area contributed by atoms with Gasteiger partial charge in [-0.15, -0.1) is 0 Å². The van der Waals surface area contributed by atoms with Crippen molar-refractivity contribution in [3.05, 3.63) is 54.1 Å². The summed E-state index contributed by atoms with van der Waals surface area (Å²) in [6.45, 7) is 3.23.